The van der Waals surface area contributed by atoms with Gasteiger partial charge in [-0.05, 0) is 61.1 Å². The van der Waals surface area contributed by atoms with Crippen LogP contribution in [0.3, 0.4) is 0 Å². The van der Waals surface area contributed by atoms with Crippen molar-refractivity contribution >= 4 is 21.7 Å². The summed E-state index contributed by atoms with van der Waals surface area (Å²) in [6.07, 6.45) is 0. The Morgan fingerprint density at radius 1 is 0.857 bits per heavy atom. The number of halogens is 2. The first-order valence-corrected chi connectivity index (χ1v) is 13.6. The van der Waals surface area contributed by atoms with E-state index in [2.05, 4.69) is 42.0 Å². The molecule has 0 bridgehead atoms. The van der Waals surface area contributed by atoms with Gasteiger partial charge in [0.25, 0.3) is 0 Å². The van der Waals surface area contributed by atoms with Gasteiger partial charge >= 0.3 is 5.76 Å². The fourth-order valence-corrected chi connectivity index (χ4v) is 5.21. The van der Waals surface area contributed by atoms with Crippen molar-refractivity contribution in [2.75, 3.05) is 18.4 Å². The molecule has 2 aromatic heterocycles. The molecule has 42 heavy (non-hydrogen) atoms. The number of nitrogens with one attached hydrogen (secondary N) is 2. The van der Waals surface area contributed by atoms with E-state index in [4.69, 9.17) is 11.9 Å². The van der Waals surface area contributed by atoms with Crippen LogP contribution in [0.2, 0.25) is 0 Å². The highest BCUT2D eigenvalue weighted by atomic mass is 79.9. The van der Waals surface area contributed by atoms with E-state index in [-0.39, 0.29) is 34.0 Å². The van der Waals surface area contributed by atoms with Gasteiger partial charge in [-0.1, -0.05) is 96.2 Å². The Hall–Kier alpha value is -4.87. The average Bonchev–Trinajstić information content (AvgIpc) is 3.65. The van der Waals surface area contributed by atoms with Gasteiger partial charge in [-0.25, -0.2) is 18.4 Å². The fraction of sp³-hybridized carbons (Fsp3) is 0.0968. The molecule has 0 saturated heterocycles. The molecule has 0 fully saturated rings. The minimum atomic E-state index is -2.13. The Balaban J connectivity index is 1.35. The number of hydrogen-bond donors (Lipinski definition) is 2. The van der Waals surface area contributed by atoms with Gasteiger partial charge in [-0.3, -0.25) is 9.84 Å². The average molecular weight is 629 g/mol. The third-order valence-electron chi connectivity index (χ3n) is 6.74. The van der Waals surface area contributed by atoms with Crippen molar-refractivity contribution < 1.29 is 16.3 Å². The maximum atomic E-state index is 13.9. The standard InChI is InChI=1S/C31H24BrFN6O3/c32-25-20-24(16-17-26(25)33)39-29(38-41-30(39)40)27-28(37-42-36-27)34-18-19-35-31(21-10-4-1-5-11-21,22-12-6-2-7-13-22)23-14-8-3-9-15-23/h1-17,20,35H,18-19H2,(H,34,37)/i18D2. The van der Waals surface area contributed by atoms with E-state index < -0.39 is 23.6 Å². The second-order valence-corrected chi connectivity index (χ2v) is 10.0. The van der Waals surface area contributed by atoms with Gasteiger partial charge in [0.2, 0.25) is 11.6 Å². The zero-order valence-electron chi connectivity index (χ0n) is 23.9. The van der Waals surface area contributed by atoms with Gasteiger partial charge in [0.15, 0.2) is 5.69 Å². The van der Waals surface area contributed by atoms with Gasteiger partial charge in [0.05, 0.1) is 18.4 Å². The van der Waals surface area contributed by atoms with Crippen molar-refractivity contribution in [3.8, 4) is 17.2 Å². The van der Waals surface area contributed by atoms with Crippen LogP contribution in [0.4, 0.5) is 10.2 Å². The largest absolute Gasteiger partial charge is 0.446 e. The molecule has 9 nitrogen and oxygen atoms in total. The Morgan fingerprint density at radius 2 is 1.45 bits per heavy atom. The van der Waals surface area contributed by atoms with E-state index in [9.17, 15) is 9.18 Å². The molecule has 0 spiro atoms. The van der Waals surface area contributed by atoms with Gasteiger partial charge in [0.1, 0.15) is 5.82 Å². The van der Waals surface area contributed by atoms with E-state index in [1.807, 2.05) is 91.0 Å². The van der Waals surface area contributed by atoms with E-state index in [1.165, 1.54) is 18.2 Å². The zero-order chi connectivity index (χ0) is 30.7. The fourth-order valence-electron chi connectivity index (χ4n) is 4.84. The maximum absolute atomic E-state index is 13.9. The van der Waals surface area contributed by atoms with Crippen LogP contribution in [0.5, 0.6) is 0 Å². The van der Waals surface area contributed by atoms with Crippen LogP contribution in [0.15, 0.2) is 128 Å². The molecule has 0 atom stereocenters. The SMILES string of the molecule is [2H]C([2H])(CNC(c1ccccc1)(c1ccccc1)c1ccccc1)Nc1nonc1-c1noc(=O)n1-c1ccc(F)c(Br)c1. The number of hydrogen-bond acceptors (Lipinski definition) is 8. The zero-order valence-corrected chi connectivity index (χ0v) is 23.5. The normalized spacial score (nSPS) is 12.5. The second-order valence-electron chi connectivity index (χ2n) is 9.17. The molecule has 0 amide bonds. The summed E-state index contributed by atoms with van der Waals surface area (Å²) >= 11 is 3.11. The molecule has 2 N–H and O–H groups in total. The lowest BCUT2D eigenvalue weighted by atomic mass is 9.77. The molecule has 6 rings (SSSR count). The number of aromatic nitrogens is 4. The lowest BCUT2D eigenvalue weighted by Crippen LogP contribution is -2.46. The monoisotopic (exact) mass is 628 g/mol. The van der Waals surface area contributed by atoms with Crippen molar-refractivity contribution in [1.82, 2.24) is 25.4 Å². The molecule has 0 radical (unpaired) electrons. The third kappa shape index (κ3) is 5.15. The second kappa shape index (κ2) is 11.9. The van der Waals surface area contributed by atoms with Gasteiger partial charge < -0.3 is 5.32 Å². The number of nitrogens with zero attached hydrogens (tertiary/aromatic N) is 4. The summed E-state index contributed by atoms with van der Waals surface area (Å²) in [5.74, 6) is -1.63. The summed E-state index contributed by atoms with van der Waals surface area (Å²) in [7, 11) is 0. The van der Waals surface area contributed by atoms with Crippen molar-refractivity contribution in [1.29, 1.82) is 0 Å². The lowest BCUT2D eigenvalue weighted by Gasteiger charge is -2.37. The van der Waals surface area contributed by atoms with Crippen LogP contribution in [-0.4, -0.2) is 33.1 Å². The Labute approximate surface area is 250 Å². The van der Waals surface area contributed by atoms with Crippen LogP contribution in [0.1, 0.15) is 19.4 Å². The topological polar surface area (TPSA) is 111 Å². The first-order chi connectivity index (χ1) is 21.3. The summed E-state index contributed by atoms with van der Waals surface area (Å²) in [6, 6.07) is 33.3. The molecule has 0 aliphatic carbocycles. The predicted octanol–water partition coefficient (Wildman–Crippen LogP) is 5.77. The van der Waals surface area contributed by atoms with Gasteiger partial charge in [-0.2, -0.15) is 0 Å². The van der Waals surface area contributed by atoms with Crippen molar-refractivity contribution in [3.63, 3.8) is 0 Å². The van der Waals surface area contributed by atoms with E-state index >= 15 is 0 Å². The molecule has 6 aromatic rings. The van der Waals surface area contributed by atoms with Crippen LogP contribution < -0.4 is 16.4 Å². The Kier molecular flexibility index (Phi) is 7.07. The molecule has 11 heteroatoms. The van der Waals surface area contributed by atoms with Gasteiger partial charge in [-0.15, -0.1) is 0 Å². The summed E-state index contributed by atoms with van der Waals surface area (Å²) in [5.41, 5.74) is 1.96. The lowest BCUT2D eigenvalue weighted by molar-refractivity contribution is 0.309. The Morgan fingerprint density at radius 3 is 2.02 bits per heavy atom. The molecule has 0 aliphatic heterocycles. The molecule has 4 aromatic carbocycles. The highest BCUT2D eigenvalue weighted by Crippen LogP contribution is 2.36. The number of rotatable bonds is 10. The highest BCUT2D eigenvalue weighted by molar-refractivity contribution is 9.10. The summed E-state index contributed by atoms with van der Waals surface area (Å²) < 4.78 is 42.7. The van der Waals surface area contributed by atoms with Crippen LogP contribution in [-0.2, 0) is 5.54 Å². The van der Waals surface area contributed by atoms with E-state index in [0.29, 0.717) is 0 Å². The number of anilines is 1. The third-order valence-corrected chi connectivity index (χ3v) is 7.34. The van der Waals surface area contributed by atoms with Crippen molar-refractivity contribution in [2.45, 2.75) is 5.54 Å². The summed E-state index contributed by atoms with van der Waals surface area (Å²) in [5, 5.41) is 17.7. The number of benzene rings is 4. The van der Waals surface area contributed by atoms with Gasteiger partial charge in [0, 0.05) is 13.0 Å². The van der Waals surface area contributed by atoms with Crippen LogP contribution in [0.25, 0.3) is 17.2 Å². The minimum Gasteiger partial charge on any atom is -0.364 e. The predicted molar refractivity (Wildman–Crippen MR) is 159 cm³/mol. The smallest absolute Gasteiger partial charge is 0.364 e. The molecular weight excluding hydrogens is 603 g/mol. The van der Waals surface area contributed by atoms with E-state index in [0.717, 1.165) is 21.3 Å². The quantitative estimate of drug-likeness (QED) is 0.184. The summed E-state index contributed by atoms with van der Waals surface area (Å²) in [6.45, 7) is -2.35. The Bertz CT molecular complexity index is 1840. The first-order valence-electron chi connectivity index (χ1n) is 13.9. The molecule has 0 saturated carbocycles. The molecule has 0 unspecified atom stereocenters. The highest BCUT2D eigenvalue weighted by Gasteiger charge is 2.35. The molecule has 210 valence electrons. The van der Waals surface area contributed by atoms with Crippen LogP contribution >= 0.6 is 15.9 Å². The maximum Gasteiger partial charge on any atom is 0.446 e. The molecule has 0 aliphatic rings. The van der Waals surface area contributed by atoms with Crippen LogP contribution in [0, 0.1) is 5.82 Å². The van der Waals surface area contributed by atoms with Crippen molar-refractivity contribution in [2.24, 2.45) is 0 Å². The van der Waals surface area contributed by atoms with Crippen molar-refractivity contribution in [3.05, 3.63) is 147 Å². The molecular formula is C31H24BrFN6O3. The first kappa shape index (κ1) is 24.9. The minimum absolute atomic E-state index is 0.0828. The summed E-state index contributed by atoms with van der Waals surface area (Å²) in [4.78, 5) is 12.6. The van der Waals surface area contributed by atoms with E-state index in [1.54, 1.807) is 0 Å². The molecule has 2 heterocycles.